The molecule has 1 aliphatic heterocycles. The molecule has 0 aliphatic carbocycles. The van der Waals surface area contributed by atoms with Gasteiger partial charge in [-0.15, -0.1) is 0 Å². The summed E-state index contributed by atoms with van der Waals surface area (Å²) in [7, 11) is 0. The van der Waals surface area contributed by atoms with Crippen molar-refractivity contribution in [3.63, 3.8) is 0 Å². The van der Waals surface area contributed by atoms with E-state index >= 15 is 0 Å². The number of amides is 2. The van der Waals surface area contributed by atoms with Crippen LogP contribution in [-0.2, 0) is 15.8 Å². The highest BCUT2D eigenvalue weighted by Gasteiger charge is 2.36. The Morgan fingerprint density at radius 3 is 2.35 bits per heavy atom. The summed E-state index contributed by atoms with van der Waals surface area (Å²) >= 11 is 0. The van der Waals surface area contributed by atoms with Crippen molar-refractivity contribution in [2.75, 3.05) is 10.6 Å². The molecule has 174 valence electrons. The first-order valence-corrected chi connectivity index (χ1v) is 10.1. The van der Waals surface area contributed by atoms with Crippen molar-refractivity contribution in [2.45, 2.75) is 18.7 Å². The second-order valence-corrected chi connectivity index (χ2v) is 7.38. The molecule has 1 unspecified atom stereocenters. The van der Waals surface area contributed by atoms with Gasteiger partial charge in [-0.3, -0.25) is 9.59 Å². The minimum Gasteiger partial charge on any atom is -0.382 e. The van der Waals surface area contributed by atoms with E-state index in [1.54, 1.807) is 24.3 Å². The lowest BCUT2D eigenvalue weighted by molar-refractivity contribution is -0.137. The zero-order chi connectivity index (χ0) is 24.3. The minimum atomic E-state index is -4.84. The van der Waals surface area contributed by atoms with Gasteiger partial charge in [-0.1, -0.05) is 47.6 Å². The number of hydrogen-bond acceptors (Lipinski definition) is 4. The Labute approximate surface area is 191 Å². The number of rotatable bonds is 5. The van der Waals surface area contributed by atoms with E-state index in [0.29, 0.717) is 11.8 Å². The van der Waals surface area contributed by atoms with E-state index in [9.17, 15) is 27.2 Å². The number of carbonyl (C=O) groups is 2. The Morgan fingerprint density at radius 2 is 1.65 bits per heavy atom. The van der Waals surface area contributed by atoms with Crippen LogP contribution in [0.3, 0.4) is 0 Å². The molecule has 1 atom stereocenters. The molecule has 0 spiro atoms. The van der Waals surface area contributed by atoms with Gasteiger partial charge >= 0.3 is 6.18 Å². The molecule has 0 radical (unpaired) electrons. The number of hydrogen-bond donors (Lipinski definition) is 2. The molecule has 10 heteroatoms. The molecule has 2 amide bonds. The van der Waals surface area contributed by atoms with Crippen LogP contribution in [0.4, 0.5) is 28.9 Å². The minimum absolute atomic E-state index is 0.0912. The summed E-state index contributed by atoms with van der Waals surface area (Å²) in [5.41, 5.74) is -0.995. The summed E-state index contributed by atoms with van der Waals surface area (Å²) in [5.74, 6) is -2.52. The molecule has 0 saturated carbocycles. The maximum absolute atomic E-state index is 13.8. The van der Waals surface area contributed by atoms with E-state index in [0.717, 1.165) is 17.7 Å². The van der Waals surface area contributed by atoms with Crippen LogP contribution in [0.25, 0.3) is 0 Å². The molecule has 34 heavy (non-hydrogen) atoms. The Bertz CT molecular complexity index is 1260. The van der Waals surface area contributed by atoms with Gasteiger partial charge in [0.25, 0.3) is 11.8 Å². The van der Waals surface area contributed by atoms with Gasteiger partial charge < -0.3 is 15.5 Å². The lowest BCUT2D eigenvalue weighted by atomic mass is 10.0. The highest BCUT2D eigenvalue weighted by molar-refractivity contribution is 6.07. The molecule has 0 fully saturated rings. The van der Waals surface area contributed by atoms with Crippen LogP contribution in [-0.4, -0.2) is 23.6 Å². The SMILES string of the molecule is O=C(Nc1ccc(NC(=O)C2CC(c3ccccc3)=NO2)c(C(F)(F)F)c1)c1ccccc1F. The topological polar surface area (TPSA) is 79.8 Å². The first-order valence-electron chi connectivity index (χ1n) is 10.1. The van der Waals surface area contributed by atoms with Crippen molar-refractivity contribution in [3.05, 3.63) is 95.3 Å². The molecule has 1 heterocycles. The molecule has 6 nitrogen and oxygen atoms in total. The van der Waals surface area contributed by atoms with E-state index < -0.39 is 41.2 Å². The van der Waals surface area contributed by atoms with Gasteiger partial charge in [0.2, 0.25) is 6.10 Å². The maximum atomic E-state index is 13.8. The van der Waals surface area contributed by atoms with Crippen molar-refractivity contribution in [3.8, 4) is 0 Å². The van der Waals surface area contributed by atoms with E-state index in [4.69, 9.17) is 4.84 Å². The van der Waals surface area contributed by atoms with E-state index in [2.05, 4.69) is 15.8 Å². The second kappa shape index (κ2) is 9.34. The average Bonchev–Trinajstić information content (AvgIpc) is 3.31. The van der Waals surface area contributed by atoms with Gasteiger partial charge in [-0.2, -0.15) is 13.2 Å². The predicted molar refractivity (Wildman–Crippen MR) is 117 cm³/mol. The van der Waals surface area contributed by atoms with Crippen LogP contribution >= 0.6 is 0 Å². The molecule has 3 aromatic rings. The number of alkyl halides is 3. The maximum Gasteiger partial charge on any atom is 0.418 e. The van der Waals surface area contributed by atoms with Crippen molar-refractivity contribution in [1.29, 1.82) is 0 Å². The summed E-state index contributed by atoms with van der Waals surface area (Å²) in [6, 6.07) is 16.8. The number of halogens is 4. The van der Waals surface area contributed by atoms with Gasteiger partial charge in [-0.25, -0.2) is 4.39 Å². The Kier molecular flexibility index (Phi) is 6.31. The summed E-state index contributed by atoms with van der Waals surface area (Å²) in [6.45, 7) is 0. The lowest BCUT2D eigenvalue weighted by Gasteiger charge is -2.17. The fourth-order valence-electron chi connectivity index (χ4n) is 3.34. The van der Waals surface area contributed by atoms with Crippen LogP contribution in [0, 0.1) is 5.82 Å². The first-order chi connectivity index (χ1) is 16.2. The van der Waals surface area contributed by atoms with Crippen LogP contribution in [0.1, 0.15) is 27.9 Å². The number of carbonyl (C=O) groups excluding carboxylic acids is 2. The van der Waals surface area contributed by atoms with E-state index in [1.807, 2.05) is 6.07 Å². The van der Waals surface area contributed by atoms with Crippen LogP contribution in [0.2, 0.25) is 0 Å². The van der Waals surface area contributed by atoms with Gasteiger partial charge in [-0.05, 0) is 35.9 Å². The lowest BCUT2D eigenvalue weighted by Crippen LogP contribution is -2.29. The van der Waals surface area contributed by atoms with Crippen molar-refractivity contribution < 1.29 is 32.0 Å². The third kappa shape index (κ3) is 5.06. The normalized spacial score (nSPS) is 15.3. The Morgan fingerprint density at radius 1 is 0.941 bits per heavy atom. The largest absolute Gasteiger partial charge is 0.418 e. The third-order valence-corrected chi connectivity index (χ3v) is 5.03. The highest BCUT2D eigenvalue weighted by atomic mass is 19.4. The summed E-state index contributed by atoms with van der Waals surface area (Å²) in [4.78, 5) is 29.9. The summed E-state index contributed by atoms with van der Waals surface area (Å²) < 4.78 is 54.9. The van der Waals surface area contributed by atoms with Crippen LogP contribution in [0.5, 0.6) is 0 Å². The van der Waals surface area contributed by atoms with Gasteiger partial charge in [0, 0.05) is 12.1 Å². The number of benzene rings is 3. The highest BCUT2D eigenvalue weighted by Crippen LogP contribution is 2.37. The second-order valence-electron chi connectivity index (χ2n) is 7.38. The number of oxime groups is 1. The molecule has 1 aliphatic rings. The molecular weight excluding hydrogens is 454 g/mol. The molecule has 0 aromatic heterocycles. The molecule has 4 rings (SSSR count). The zero-order valence-corrected chi connectivity index (χ0v) is 17.4. The van der Waals surface area contributed by atoms with E-state index in [-0.39, 0.29) is 17.7 Å². The van der Waals surface area contributed by atoms with Crippen molar-refractivity contribution >= 4 is 28.9 Å². The Hall–Kier alpha value is -4.21. The van der Waals surface area contributed by atoms with E-state index in [1.165, 1.54) is 24.3 Å². The average molecular weight is 471 g/mol. The van der Waals surface area contributed by atoms with Crippen LogP contribution < -0.4 is 10.6 Å². The van der Waals surface area contributed by atoms with Gasteiger partial charge in [0.15, 0.2) is 0 Å². The van der Waals surface area contributed by atoms with Crippen molar-refractivity contribution in [1.82, 2.24) is 0 Å². The number of anilines is 2. The van der Waals surface area contributed by atoms with Crippen molar-refractivity contribution in [2.24, 2.45) is 5.16 Å². The smallest absolute Gasteiger partial charge is 0.382 e. The summed E-state index contributed by atoms with van der Waals surface area (Å²) in [5, 5.41) is 8.32. The molecular formula is C24H17F4N3O3. The first kappa shape index (κ1) is 23.0. The molecule has 0 bridgehead atoms. The molecule has 0 saturated heterocycles. The monoisotopic (exact) mass is 471 g/mol. The standard InChI is InChI=1S/C24H17F4N3O3/c25-18-9-5-4-8-16(18)22(32)29-15-10-11-19(17(12-15)24(26,27)28)30-23(33)21-13-20(31-34-21)14-6-2-1-3-7-14/h1-12,21H,13H2,(H,29,32)(H,30,33). The molecule has 3 aromatic carbocycles. The number of nitrogens with zero attached hydrogens (tertiary/aromatic N) is 1. The molecule has 2 N–H and O–H groups in total. The Balaban J connectivity index is 1.49. The quantitative estimate of drug-likeness (QED) is 0.501. The summed E-state index contributed by atoms with van der Waals surface area (Å²) in [6.07, 6.45) is -5.85. The zero-order valence-electron chi connectivity index (χ0n) is 17.4. The predicted octanol–water partition coefficient (Wildman–Crippen LogP) is 5.23. The van der Waals surface area contributed by atoms with Crippen LogP contribution in [0.15, 0.2) is 78.0 Å². The fraction of sp³-hybridized carbons (Fsp3) is 0.125. The number of nitrogens with one attached hydrogen (secondary N) is 2. The van der Waals surface area contributed by atoms with Gasteiger partial charge in [0.05, 0.1) is 22.5 Å². The van der Waals surface area contributed by atoms with Gasteiger partial charge in [0.1, 0.15) is 5.82 Å². The fourth-order valence-corrected chi connectivity index (χ4v) is 3.34. The third-order valence-electron chi connectivity index (χ3n) is 5.03.